The number of sulfonamides is 1. The lowest BCUT2D eigenvalue weighted by Crippen LogP contribution is -2.32. The summed E-state index contributed by atoms with van der Waals surface area (Å²) >= 11 is 0. The first-order valence-corrected chi connectivity index (χ1v) is 9.15. The van der Waals surface area contributed by atoms with Crippen LogP contribution in [0.25, 0.3) is 0 Å². The standard InChI is InChI=1S/C16H25NO3S/c1-14(2)20-13-15-8-7-9-16(12-15)21(18,19)17-10-5-3-4-6-11-17/h7-9,12,14H,3-6,10-11,13H2,1-2H3. The molecule has 0 bridgehead atoms. The summed E-state index contributed by atoms with van der Waals surface area (Å²) < 4.78 is 32.6. The van der Waals surface area contributed by atoms with Crippen LogP contribution in [0.15, 0.2) is 29.2 Å². The Labute approximate surface area is 128 Å². The van der Waals surface area contributed by atoms with Gasteiger partial charge in [0.15, 0.2) is 0 Å². The first-order chi connectivity index (χ1) is 10.00. The van der Waals surface area contributed by atoms with Crippen LogP contribution in [0.3, 0.4) is 0 Å². The second kappa shape index (κ2) is 7.38. The molecule has 0 radical (unpaired) electrons. The van der Waals surface area contributed by atoms with E-state index in [1.54, 1.807) is 22.5 Å². The van der Waals surface area contributed by atoms with Gasteiger partial charge in [0, 0.05) is 13.1 Å². The Morgan fingerprint density at radius 2 is 1.81 bits per heavy atom. The predicted octanol–water partition coefficient (Wildman–Crippen LogP) is 3.18. The van der Waals surface area contributed by atoms with E-state index in [0.29, 0.717) is 24.6 Å². The Hall–Kier alpha value is -0.910. The average molecular weight is 311 g/mol. The first-order valence-electron chi connectivity index (χ1n) is 7.71. The van der Waals surface area contributed by atoms with Crippen molar-refractivity contribution in [3.05, 3.63) is 29.8 Å². The van der Waals surface area contributed by atoms with Gasteiger partial charge in [0.05, 0.1) is 17.6 Å². The van der Waals surface area contributed by atoms with Gasteiger partial charge in [0.2, 0.25) is 10.0 Å². The van der Waals surface area contributed by atoms with Crippen LogP contribution in [0.4, 0.5) is 0 Å². The fourth-order valence-electron chi connectivity index (χ4n) is 2.49. The number of hydrogen-bond acceptors (Lipinski definition) is 3. The molecule has 0 aliphatic carbocycles. The molecule has 1 aliphatic heterocycles. The minimum atomic E-state index is -3.37. The molecule has 2 rings (SSSR count). The van der Waals surface area contributed by atoms with Gasteiger partial charge >= 0.3 is 0 Å². The predicted molar refractivity (Wildman–Crippen MR) is 83.6 cm³/mol. The maximum Gasteiger partial charge on any atom is 0.243 e. The molecule has 1 saturated heterocycles. The minimum Gasteiger partial charge on any atom is -0.374 e. The third-order valence-electron chi connectivity index (χ3n) is 3.68. The highest BCUT2D eigenvalue weighted by atomic mass is 32.2. The second-order valence-corrected chi connectivity index (χ2v) is 7.76. The molecule has 0 spiro atoms. The molecule has 0 aromatic heterocycles. The normalized spacial score (nSPS) is 17.9. The van der Waals surface area contributed by atoms with Crippen molar-refractivity contribution in [3.8, 4) is 0 Å². The van der Waals surface area contributed by atoms with Gasteiger partial charge < -0.3 is 4.74 Å². The van der Waals surface area contributed by atoms with E-state index in [2.05, 4.69) is 0 Å². The first kappa shape index (κ1) is 16.5. The number of nitrogens with zero attached hydrogens (tertiary/aromatic N) is 1. The third-order valence-corrected chi connectivity index (χ3v) is 5.58. The van der Waals surface area contributed by atoms with Crippen molar-refractivity contribution >= 4 is 10.0 Å². The van der Waals surface area contributed by atoms with Crippen molar-refractivity contribution in [2.24, 2.45) is 0 Å². The van der Waals surface area contributed by atoms with Gasteiger partial charge in [-0.05, 0) is 44.4 Å². The number of hydrogen-bond donors (Lipinski definition) is 0. The van der Waals surface area contributed by atoms with Gasteiger partial charge in [-0.1, -0.05) is 25.0 Å². The van der Waals surface area contributed by atoms with E-state index in [1.165, 1.54) is 0 Å². The lowest BCUT2D eigenvalue weighted by atomic mass is 10.2. The quantitative estimate of drug-likeness (QED) is 0.839. The molecule has 5 heteroatoms. The summed E-state index contributed by atoms with van der Waals surface area (Å²) in [7, 11) is -3.37. The fourth-order valence-corrected chi connectivity index (χ4v) is 4.08. The zero-order chi connectivity index (χ0) is 15.3. The molecule has 1 aromatic rings. The van der Waals surface area contributed by atoms with E-state index in [1.807, 2.05) is 19.9 Å². The van der Waals surface area contributed by atoms with Gasteiger partial charge in [0.25, 0.3) is 0 Å². The van der Waals surface area contributed by atoms with Crippen LogP contribution in [-0.4, -0.2) is 31.9 Å². The fraction of sp³-hybridized carbons (Fsp3) is 0.625. The average Bonchev–Trinajstić information content (AvgIpc) is 2.75. The van der Waals surface area contributed by atoms with Gasteiger partial charge in [-0.3, -0.25) is 0 Å². The third kappa shape index (κ3) is 4.53. The maximum atomic E-state index is 12.7. The molecule has 0 unspecified atom stereocenters. The van der Waals surface area contributed by atoms with E-state index in [9.17, 15) is 8.42 Å². The number of ether oxygens (including phenoxy) is 1. The summed E-state index contributed by atoms with van der Waals surface area (Å²) in [4.78, 5) is 0.384. The van der Waals surface area contributed by atoms with Crippen molar-refractivity contribution < 1.29 is 13.2 Å². The molecule has 0 atom stereocenters. The monoisotopic (exact) mass is 311 g/mol. The molecule has 118 valence electrons. The zero-order valence-corrected chi connectivity index (χ0v) is 13.7. The number of benzene rings is 1. The van der Waals surface area contributed by atoms with Crippen molar-refractivity contribution in [2.45, 2.75) is 57.1 Å². The van der Waals surface area contributed by atoms with Crippen LogP contribution in [0.1, 0.15) is 45.1 Å². The van der Waals surface area contributed by atoms with E-state index in [4.69, 9.17) is 4.74 Å². The topological polar surface area (TPSA) is 46.6 Å². The summed E-state index contributed by atoms with van der Waals surface area (Å²) in [5, 5.41) is 0. The zero-order valence-electron chi connectivity index (χ0n) is 12.9. The highest BCUT2D eigenvalue weighted by molar-refractivity contribution is 7.89. The van der Waals surface area contributed by atoms with Gasteiger partial charge in [-0.25, -0.2) is 8.42 Å². The molecule has 1 heterocycles. The Bertz CT molecular complexity index is 546. The van der Waals surface area contributed by atoms with Crippen LogP contribution < -0.4 is 0 Å². The SMILES string of the molecule is CC(C)OCc1cccc(S(=O)(=O)N2CCCCCC2)c1. The lowest BCUT2D eigenvalue weighted by Gasteiger charge is -2.20. The van der Waals surface area contributed by atoms with Gasteiger partial charge in [0.1, 0.15) is 0 Å². The Morgan fingerprint density at radius 1 is 1.14 bits per heavy atom. The van der Waals surface area contributed by atoms with Gasteiger partial charge in [-0.15, -0.1) is 0 Å². The molecule has 4 nitrogen and oxygen atoms in total. The maximum absolute atomic E-state index is 12.7. The summed E-state index contributed by atoms with van der Waals surface area (Å²) in [5.41, 5.74) is 0.902. The minimum absolute atomic E-state index is 0.135. The van der Waals surface area contributed by atoms with Crippen molar-refractivity contribution in [1.29, 1.82) is 0 Å². The molecule has 0 saturated carbocycles. The summed E-state index contributed by atoms with van der Waals surface area (Å²) in [6.45, 7) is 5.65. The Balaban J connectivity index is 2.17. The van der Waals surface area contributed by atoms with Crippen molar-refractivity contribution in [3.63, 3.8) is 0 Å². The molecular formula is C16H25NO3S. The summed E-state index contributed by atoms with van der Waals surface area (Å²) in [6, 6.07) is 7.12. The number of rotatable bonds is 5. The van der Waals surface area contributed by atoms with Crippen LogP contribution in [0, 0.1) is 0 Å². The Kier molecular flexibility index (Phi) is 5.79. The van der Waals surface area contributed by atoms with Gasteiger partial charge in [-0.2, -0.15) is 4.31 Å². The van der Waals surface area contributed by atoms with E-state index >= 15 is 0 Å². The van der Waals surface area contributed by atoms with E-state index < -0.39 is 10.0 Å². The molecule has 1 aromatic carbocycles. The molecular weight excluding hydrogens is 286 g/mol. The summed E-state index contributed by atoms with van der Waals surface area (Å²) in [6.07, 6.45) is 4.28. The molecule has 1 fully saturated rings. The molecule has 0 N–H and O–H groups in total. The molecule has 0 amide bonds. The van der Waals surface area contributed by atoms with Crippen LogP contribution >= 0.6 is 0 Å². The van der Waals surface area contributed by atoms with Crippen molar-refractivity contribution in [1.82, 2.24) is 4.31 Å². The summed E-state index contributed by atoms with van der Waals surface area (Å²) in [5.74, 6) is 0. The van der Waals surface area contributed by atoms with Crippen LogP contribution in [0.5, 0.6) is 0 Å². The van der Waals surface area contributed by atoms with Crippen LogP contribution in [0.2, 0.25) is 0 Å². The Morgan fingerprint density at radius 3 is 2.43 bits per heavy atom. The second-order valence-electron chi connectivity index (χ2n) is 5.83. The highest BCUT2D eigenvalue weighted by Crippen LogP contribution is 2.21. The van der Waals surface area contributed by atoms with E-state index in [-0.39, 0.29) is 6.10 Å². The largest absolute Gasteiger partial charge is 0.374 e. The lowest BCUT2D eigenvalue weighted by molar-refractivity contribution is 0.0656. The van der Waals surface area contributed by atoms with E-state index in [0.717, 1.165) is 31.2 Å². The molecule has 1 aliphatic rings. The van der Waals surface area contributed by atoms with Crippen LogP contribution in [-0.2, 0) is 21.4 Å². The highest BCUT2D eigenvalue weighted by Gasteiger charge is 2.25. The molecule has 21 heavy (non-hydrogen) atoms. The van der Waals surface area contributed by atoms with Crippen molar-refractivity contribution in [2.75, 3.05) is 13.1 Å². The smallest absolute Gasteiger partial charge is 0.243 e.